The number of fused-ring (bicyclic) bond motifs is 5. The van der Waals surface area contributed by atoms with Crippen molar-refractivity contribution in [1.29, 1.82) is 0 Å². The molecule has 7 nitrogen and oxygen atoms in total. The smallest absolute Gasteiger partial charge is 0.245 e. The van der Waals surface area contributed by atoms with E-state index in [0.29, 0.717) is 0 Å². The molecule has 154 valence electrons. The van der Waals surface area contributed by atoms with Gasteiger partial charge in [0.15, 0.2) is 0 Å². The van der Waals surface area contributed by atoms with Gasteiger partial charge in [-0.25, -0.2) is 5.21 Å². The van der Waals surface area contributed by atoms with E-state index >= 15 is 0 Å². The molecule has 3 N–H and O–H groups in total. The van der Waals surface area contributed by atoms with Gasteiger partial charge in [0.05, 0.1) is 0 Å². The Morgan fingerprint density at radius 2 is 2.21 bits per heavy atom. The van der Waals surface area contributed by atoms with Crippen LogP contribution in [0.25, 0.3) is 5.00 Å². The van der Waals surface area contributed by atoms with E-state index in [9.17, 15) is 0 Å². The minimum atomic E-state index is 0.115. The number of nitrogens with zero attached hydrogens (tertiary/aromatic N) is 3. The highest BCUT2D eigenvalue weighted by molar-refractivity contribution is 7.15. The molecular formula is C21H28N6OS. The molecule has 0 aliphatic carbocycles. The van der Waals surface area contributed by atoms with Gasteiger partial charge in [0, 0.05) is 43.3 Å². The molecule has 5 rings (SSSR count). The zero-order valence-electron chi connectivity index (χ0n) is 16.8. The van der Waals surface area contributed by atoms with Gasteiger partial charge < -0.3 is 10.1 Å². The summed E-state index contributed by atoms with van der Waals surface area (Å²) < 4.78 is 7.55. The third-order valence-electron chi connectivity index (χ3n) is 5.66. The lowest BCUT2D eigenvalue weighted by Crippen LogP contribution is -2.38. The number of thiophene rings is 1. The molecule has 0 spiro atoms. The first-order chi connectivity index (χ1) is 14.3. The molecule has 2 aliphatic rings. The van der Waals surface area contributed by atoms with Crippen LogP contribution in [-0.2, 0) is 24.2 Å². The molecule has 0 saturated carbocycles. The van der Waals surface area contributed by atoms with E-state index < -0.39 is 0 Å². The fourth-order valence-corrected chi connectivity index (χ4v) is 5.60. The summed E-state index contributed by atoms with van der Waals surface area (Å²) in [4.78, 5) is 4.03. The molecule has 0 bridgehead atoms. The number of rotatable bonds is 8. The summed E-state index contributed by atoms with van der Waals surface area (Å²) in [5.41, 5.74) is 4.29. The van der Waals surface area contributed by atoms with Crippen molar-refractivity contribution in [2.75, 3.05) is 31.6 Å². The van der Waals surface area contributed by atoms with Crippen molar-refractivity contribution >= 4 is 17.3 Å². The van der Waals surface area contributed by atoms with Crippen molar-refractivity contribution in [2.45, 2.75) is 39.0 Å². The summed E-state index contributed by atoms with van der Waals surface area (Å²) >= 11 is 1.90. The van der Waals surface area contributed by atoms with Crippen LogP contribution in [0.15, 0.2) is 30.3 Å². The van der Waals surface area contributed by atoms with Crippen molar-refractivity contribution in [1.82, 2.24) is 25.2 Å². The first-order valence-corrected chi connectivity index (χ1v) is 11.3. The Morgan fingerprint density at radius 1 is 1.31 bits per heavy atom. The van der Waals surface area contributed by atoms with Gasteiger partial charge in [0.1, 0.15) is 11.2 Å². The molecule has 2 aromatic heterocycles. The number of anilines is 1. The number of hydrogen-bond acceptors (Lipinski definition) is 6. The second-order valence-corrected chi connectivity index (χ2v) is 8.71. The normalized spacial score (nSPS) is 18.2. The Balaban J connectivity index is 1.33. The maximum Gasteiger partial charge on any atom is 0.245 e. The summed E-state index contributed by atoms with van der Waals surface area (Å²) in [5, 5.41) is 15.9. The lowest BCUT2D eigenvalue weighted by Gasteiger charge is -2.32. The van der Waals surface area contributed by atoms with Crippen LogP contribution < -0.4 is 10.6 Å². The minimum Gasteiger partial charge on any atom is -0.382 e. The van der Waals surface area contributed by atoms with Gasteiger partial charge >= 0.3 is 0 Å². The number of hydrogen-bond donors (Lipinski definition) is 3. The van der Waals surface area contributed by atoms with Gasteiger partial charge in [-0.3, -0.25) is 10.2 Å². The first kappa shape index (κ1) is 18.9. The zero-order valence-corrected chi connectivity index (χ0v) is 17.6. The SMILES string of the molecule is CCOCCCNC1Nc2n[nH]n2-c2sc3c(c21)CCN(Cc1ccccc1)C3. The fourth-order valence-electron chi connectivity index (χ4n) is 4.21. The van der Waals surface area contributed by atoms with Crippen molar-refractivity contribution < 1.29 is 4.74 Å². The van der Waals surface area contributed by atoms with E-state index in [0.717, 1.165) is 58.2 Å². The van der Waals surface area contributed by atoms with Crippen LogP contribution in [0.1, 0.15) is 41.1 Å². The molecule has 2 aliphatic heterocycles. The van der Waals surface area contributed by atoms with Gasteiger partial charge in [-0.2, -0.15) is 4.68 Å². The summed E-state index contributed by atoms with van der Waals surface area (Å²) in [6.07, 6.45) is 2.21. The number of aromatic amines is 1. The molecule has 1 unspecified atom stereocenters. The molecule has 3 aromatic rings. The van der Waals surface area contributed by atoms with Crippen LogP contribution in [-0.4, -0.2) is 46.2 Å². The highest BCUT2D eigenvalue weighted by Gasteiger charge is 2.34. The molecule has 0 fully saturated rings. The van der Waals surface area contributed by atoms with Gasteiger partial charge in [-0.05, 0) is 37.4 Å². The van der Waals surface area contributed by atoms with Crippen LogP contribution in [0, 0.1) is 0 Å². The highest BCUT2D eigenvalue weighted by atomic mass is 32.1. The fraction of sp³-hybridized carbons (Fsp3) is 0.476. The average Bonchev–Trinajstić information content (AvgIpc) is 3.07. The Labute approximate surface area is 175 Å². The largest absolute Gasteiger partial charge is 0.382 e. The van der Waals surface area contributed by atoms with Gasteiger partial charge in [-0.15, -0.1) is 16.4 Å². The number of nitrogens with one attached hydrogen (secondary N) is 3. The number of aromatic nitrogens is 3. The maximum absolute atomic E-state index is 5.47. The Bertz CT molecular complexity index is 946. The van der Waals surface area contributed by atoms with Crippen LogP contribution in [0.4, 0.5) is 5.95 Å². The number of benzene rings is 1. The van der Waals surface area contributed by atoms with E-state index in [1.54, 1.807) is 0 Å². The molecule has 1 atom stereocenters. The van der Waals surface area contributed by atoms with Crippen molar-refractivity contribution in [3.8, 4) is 5.00 Å². The Hall–Kier alpha value is -2.13. The second-order valence-electron chi connectivity index (χ2n) is 7.62. The summed E-state index contributed by atoms with van der Waals surface area (Å²) in [7, 11) is 0. The predicted molar refractivity (Wildman–Crippen MR) is 116 cm³/mol. The van der Waals surface area contributed by atoms with Crippen molar-refractivity contribution in [2.24, 2.45) is 0 Å². The van der Waals surface area contributed by atoms with E-state index in [4.69, 9.17) is 4.74 Å². The van der Waals surface area contributed by atoms with Crippen LogP contribution in [0.5, 0.6) is 0 Å². The Morgan fingerprint density at radius 3 is 3.00 bits per heavy atom. The topological polar surface area (TPSA) is 70.1 Å². The van der Waals surface area contributed by atoms with E-state index in [1.165, 1.54) is 26.6 Å². The number of H-pyrrole nitrogens is 1. The molecule has 1 aromatic carbocycles. The van der Waals surface area contributed by atoms with Gasteiger partial charge in [0.25, 0.3) is 0 Å². The molecule has 8 heteroatoms. The van der Waals surface area contributed by atoms with Crippen LogP contribution >= 0.6 is 11.3 Å². The highest BCUT2D eigenvalue weighted by Crippen LogP contribution is 2.42. The molecule has 0 radical (unpaired) electrons. The minimum absolute atomic E-state index is 0.115. The summed E-state index contributed by atoms with van der Waals surface area (Å²) in [6.45, 7) is 7.65. The van der Waals surface area contributed by atoms with E-state index in [-0.39, 0.29) is 6.17 Å². The van der Waals surface area contributed by atoms with Gasteiger partial charge in [0.2, 0.25) is 5.95 Å². The third-order valence-corrected chi connectivity index (χ3v) is 6.87. The second kappa shape index (κ2) is 8.31. The maximum atomic E-state index is 5.47. The molecular weight excluding hydrogens is 384 g/mol. The molecule has 0 saturated heterocycles. The predicted octanol–water partition coefficient (Wildman–Crippen LogP) is 3.26. The quantitative estimate of drug-likeness (QED) is 0.496. The first-order valence-electron chi connectivity index (χ1n) is 10.5. The molecule has 0 amide bonds. The Kier molecular flexibility index (Phi) is 5.41. The van der Waals surface area contributed by atoms with Crippen molar-refractivity contribution in [3.05, 3.63) is 51.9 Å². The average molecular weight is 413 g/mol. The lowest BCUT2D eigenvalue weighted by molar-refractivity contribution is 0.144. The monoisotopic (exact) mass is 412 g/mol. The van der Waals surface area contributed by atoms with E-state index in [1.807, 2.05) is 18.3 Å². The summed E-state index contributed by atoms with van der Waals surface area (Å²) in [6, 6.07) is 10.8. The van der Waals surface area contributed by atoms with E-state index in [2.05, 4.69) is 60.9 Å². The zero-order chi connectivity index (χ0) is 19.6. The third kappa shape index (κ3) is 3.73. The standard InChI is InChI=1S/C21H28N6OS/c1-2-28-12-6-10-22-19-18-16-9-11-26(13-15-7-4-3-5-8-15)14-17(16)29-20(18)27-21(23-19)24-25-27/h3-5,7-8,19,22,25H,2,6,9-14H2,1H3,(H,23,24). The van der Waals surface area contributed by atoms with Gasteiger partial charge in [-0.1, -0.05) is 30.3 Å². The van der Waals surface area contributed by atoms with Crippen molar-refractivity contribution in [3.63, 3.8) is 0 Å². The van der Waals surface area contributed by atoms with Crippen LogP contribution in [0.3, 0.4) is 0 Å². The summed E-state index contributed by atoms with van der Waals surface area (Å²) in [5.74, 6) is 0.902. The van der Waals surface area contributed by atoms with Crippen LogP contribution in [0.2, 0.25) is 0 Å². The lowest BCUT2D eigenvalue weighted by atomic mass is 9.99. The molecule has 4 heterocycles. The molecule has 29 heavy (non-hydrogen) atoms. The number of ether oxygens (including phenoxy) is 1.